The first-order valence-corrected chi connectivity index (χ1v) is 10.6. The van der Waals surface area contributed by atoms with Gasteiger partial charge in [-0.15, -0.1) is 0 Å². The van der Waals surface area contributed by atoms with Crippen LogP contribution in [0.2, 0.25) is 0 Å². The van der Waals surface area contributed by atoms with Crippen molar-refractivity contribution >= 4 is 22.7 Å². The van der Waals surface area contributed by atoms with Crippen LogP contribution in [-0.4, -0.2) is 58.4 Å². The third-order valence-electron chi connectivity index (χ3n) is 5.74. The zero-order valence-corrected chi connectivity index (χ0v) is 16.9. The van der Waals surface area contributed by atoms with Gasteiger partial charge in [0.1, 0.15) is 6.10 Å². The number of nitrogens with one attached hydrogen (secondary N) is 1. The maximum absolute atomic E-state index is 6.18. The van der Waals surface area contributed by atoms with E-state index in [9.17, 15) is 0 Å². The summed E-state index contributed by atoms with van der Waals surface area (Å²) in [6.07, 6.45) is 9.39. The van der Waals surface area contributed by atoms with Crippen LogP contribution < -0.4 is 15.0 Å². The molecule has 1 saturated heterocycles. The van der Waals surface area contributed by atoms with Crippen LogP contribution in [0.25, 0.3) is 11.0 Å². The number of anilines is 2. The van der Waals surface area contributed by atoms with E-state index < -0.39 is 0 Å². The largest absolute Gasteiger partial charge is 0.473 e. The van der Waals surface area contributed by atoms with Crippen molar-refractivity contribution in [3.63, 3.8) is 0 Å². The third-order valence-corrected chi connectivity index (χ3v) is 5.74. The summed E-state index contributed by atoms with van der Waals surface area (Å²) in [5.74, 6) is 1.29. The fraction of sp³-hybridized carbons (Fsp3) is 0.455. The van der Waals surface area contributed by atoms with E-state index in [1.54, 1.807) is 18.6 Å². The number of hydrogen-bond donors (Lipinski definition) is 1. The minimum absolute atomic E-state index is 0.161. The molecule has 2 aromatic heterocycles. The predicted molar refractivity (Wildman–Crippen MR) is 115 cm³/mol. The summed E-state index contributed by atoms with van der Waals surface area (Å²) >= 11 is 0. The van der Waals surface area contributed by atoms with Gasteiger partial charge in [0.15, 0.2) is 0 Å². The molecular formula is C22H26N6O2. The maximum atomic E-state index is 6.18. The van der Waals surface area contributed by atoms with Gasteiger partial charge in [-0.05, 0) is 49.9 Å². The quantitative estimate of drug-likeness (QED) is 0.692. The van der Waals surface area contributed by atoms with E-state index in [0.717, 1.165) is 68.7 Å². The van der Waals surface area contributed by atoms with Gasteiger partial charge in [0.25, 0.3) is 0 Å². The molecule has 0 spiro atoms. The van der Waals surface area contributed by atoms with Gasteiger partial charge >= 0.3 is 0 Å². The van der Waals surface area contributed by atoms with Gasteiger partial charge in [0, 0.05) is 37.2 Å². The number of ether oxygens (including phenoxy) is 2. The lowest BCUT2D eigenvalue weighted by atomic mass is 9.93. The number of morpholine rings is 1. The molecular weight excluding hydrogens is 380 g/mol. The number of hydrogen-bond acceptors (Lipinski definition) is 8. The van der Waals surface area contributed by atoms with Crippen LogP contribution in [0.15, 0.2) is 42.9 Å². The first-order chi connectivity index (χ1) is 14.8. The average molecular weight is 406 g/mol. The smallest absolute Gasteiger partial charge is 0.233 e. The van der Waals surface area contributed by atoms with Crippen molar-refractivity contribution in [2.45, 2.75) is 37.8 Å². The van der Waals surface area contributed by atoms with Crippen molar-refractivity contribution < 1.29 is 9.47 Å². The molecule has 1 aromatic carbocycles. The summed E-state index contributed by atoms with van der Waals surface area (Å²) in [7, 11) is 0. The van der Waals surface area contributed by atoms with Crippen LogP contribution in [0.4, 0.5) is 11.6 Å². The molecule has 3 aromatic rings. The molecule has 1 aliphatic heterocycles. The molecule has 0 radical (unpaired) electrons. The van der Waals surface area contributed by atoms with Crippen molar-refractivity contribution in [3.8, 4) is 5.88 Å². The molecule has 2 fully saturated rings. The molecule has 30 heavy (non-hydrogen) atoms. The Bertz CT molecular complexity index is 972. The molecule has 1 aliphatic carbocycles. The summed E-state index contributed by atoms with van der Waals surface area (Å²) < 4.78 is 11.6. The van der Waals surface area contributed by atoms with Crippen molar-refractivity contribution in [2.24, 2.45) is 0 Å². The molecule has 156 valence electrons. The Balaban J connectivity index is 1.21. The molecule has 8 nitrogen and oxygen atoms in total. The summed E-state index contributed by atoms with van der Waals surface area (Å²) in [5, 5.41) is 3.41. The van der Waals surface area contributed by atoms with Crippen molar-refractivity contribution in [2.75, 3.05) is 36.5 Å². The maximum Gasteiger partial charge on any atom is 0.233 e. The molecule has 0 amide bonds. The zero-order chi connectivity index (χ0) is 20.2. The number of rotatable bonds is 5. The lowest BCUT2D eigenvalue weighted by Crippen LogP contribution is -2.36. The first kappa shape index (κ1) is 19.0. The predicted octanol–water partition coefficient (Wildman–Crippen LogP) is 3.06. The highest BCUT2D eigenvalue weighted by Crippen LogP contribution is 2.26. The van der Waals surface area contributed by atoms with Crippen LogP contribution in [0, 0.1) is 0 Å². The van der Waals surface area contributed by atoms with Crippen LogP contribution in [0.1, 0.15) is 25.7 Å². The Hall–Kier alpha value is -3.00. The average Bonchev–Trinajstić information content (AvgIpc) is 2.81. The summed E-state index contributed by atoms with van der Waals surface area (Å²) in [5.41, 5.74) is 2.91. The lowest BCUT2D eigenvalue weighted by Gasteiger charge is -2.29. The van der Waals surface area contributed by atoms with E-state index in [-0.39, 0.29) is 6.10 Å². The Morgan fingerprint density at radius 1 is 0.967 bits per heavy atom. The molecule has 0 unspecified atom stereocenters. The molecule has 3 heterocycles. The van der Waals surface area contributed by atoms with Gasteiger partial charge in [0.2, 0.25) is 11.8 Å². The van der Waals surface area contributed by atoms with Gasteiger partial charge in [-0.1, -0.05) is 0 Å². The molecule has 5 rings (SSSR count). The second-order valence-electron chi connectivity index (χ2n) is 7.79. The minimum atomic E-state index is 0.161. The number of aromatic nitrogens is 4. The minimum Gasteiger partial charge on any atom is -0.473 e. The molecule has 2 aliphatic rings. The fourth-order valence-electron chi connectivity index (χ4n) is 4.11. The highest BCUT2D eigenvalue weighted by molar-refractivity contribution is 5.79. The molecule has 0 bridgehead atoms. The van der Waals surface area contributed by atoms with Crippen LogP contribution in [0.5, 0.6) is 5.88 Å². The Morgan fingerprint density at radius 3 is 2.57 bits per heavy atom. The van der Waals surface area contributed by atoms with Gasteiger partial charge < -0.3 is 19.7 Å². The Labute approximate surface area is 175 Å². The summed E-state index contributed by atoms with van der Waals surface area (Å²) in [4.78, 5) is 20.1. The van der Waals surface area contributed by atoms with Crippen LogP contribution in [0.3, 0.4) is 0 Å². The third kappa shape index (κ3) is 4.43. The topological polar surface area (TPSA) is 85.3 Å². The number of nitrogens with zero attached hydrogens (tertiary/aromatic N) is 5. The van der Waals surface area contributed by atoms with Gasteiger partial charge in [-0.2, -0.15) is 0 Å². The number of benzene rings is 1. The highest BCUT2D eigenvalue weighted by atomic mass is 16.5. The van der Waals surface area contributed by atoms with Crippen LogP contribution >= 0.6 is 0 Å². The second kappa shape index (κ2) is 8.79. The van der Waals surface area contributed by atoms with Gasteiger partial charge in [0.05, 0.1) is 30.4 Å². The van der Waals surface area contributed by atoms with E-state index in [0.29, 0.717) is 17.9 Å². The molecule has 8 heteroatoms. The zero-order valence-electron chi connectivity index (χ0n) is 16.9. The fourth-order valence-corrected chi connectivity index (χ4v) is 4.11. The second-order valence-corrected chi connectivity index (χ2v) is 7.79. The van der Waals surface area contributed by atoms with E-state index in [4.69, 9.17) is 14.5 Å². The van der Waals surface area contributed by atoms with E-state index in [1.165, 1.54) is 0 Å². The van der Waals surface area contributed by atoms with Crippen LogP contribution in [-0.2, 0) is 4.74 Å². The summed E-state index contributed by atoms with van der Waals surface area (Å²) in [6.45, 7) is 3.34. The Morgan fingerprint density at radius 2 is 1.77 bits per heavy atom. The molecule has 1 saturated carbocycles. The SMILES string of the molecule is c1cnc(NC2CCC(Oc3cnc4ccc(N5CCOCC5)cc4n3)CC2)nc1. The highest BCUT2D eigenvalue weighted by Gasteiger charge is 2.23. The first-order valence-electron chi connectivity index (χ1n) is 10.6. The van der Waals surface area contributed by atoms with E-state index >= 15 is 0 Å². The van der Waals surface area contributed by atoms with Gasteiger partial charge in [-0.25, -0.2) is 19.9 Å². The lowest BCUT2D eigenvalue weighted by molar-refractivity contribution is 0.122. The molecule has 0 atom stereocenters. The normalized spacial score (nSPS) is 22.1. The Kier molecular flexibility index (Phi) is 5.56. The summed E-state index contributed by atoms with van der Waals surface area (Å²) in [6, 6.07) is 8.43. The monoisotopic (exact) mass is 406 g/mol. The van der Waals surface area contributed by atoms with Crippen molar-refractivity contribution in [3.05, 3.63) is 42.9 Å². The van der Waals surface area contributed by atoms with E-state index in [1.807, 2.05) is 12.1 Å². The van der Waals surface area contributed by atoms with Crippen molar-refractivity contribution in [1.82, 2.24) is 19.9 Å². The van der Waals surface area contributed by atoms with E-state index in [2.05, 4.69) is 37.3 Å². The number of fused-ring (bicyclic) bond motifs is 1. The standard InChI is InChI=1S/C22H26N6O2/c1-8-23-22(24-9-1)26-16-2-5-18(6-3-16)30-21-15-25-19-7-4-17(14-20(19)27-21)28-10-12-29-13-11-28/h1,4,7-9,14-16,18H,2-3,5-6,10-13H2,(H,23,24,26). The van der Waals surface area contributed by atoms with Gasteiger partial charge in [-0.3, -0.25) is 0 Å². The van der Waals surface area contributed by atoms with Crippen molar-refractivity contribution in [1.29, 1.82) is 0 Å². The molecule has 1 N–H and O–H groups in total.